The van der Waals surface area contributed by atoms with Crippen molar-refractivity contribution in [2.24, 2.45) is 10.3 Å². The topological polar surface area (TPSA) is 78.8 Å². The average molecular weight is 462 g/mol. The molecular formula is C26H27N3O3S. The van der Waals surface area contributed by atoms with E-state index < -0.39 is 10.0 Å². The third-order valence-electron chi connectivity index (χ3n) is 5.52. The number of hydrogen-bond donors (Lipinski definition) is 1. The molecule has 3 aromatic rings. The number of amides is 1. The molecular weight excluding hydrogens is 434 g/mol. The summed E-state index contributed by atoms with van der Waals surface area (Å²) in [6.45, 7) is 6.44. The van der Waals surface area contributed by atoms with Gasteiger partial charge < -0.3 is 10.2 Å². The molecule has 33 heavy (non-hydrogen) atoms. The summed E-state index contributed by atoms with van der Waals surface area (Å²) in [5.41, 5.74) is 2.70. The van der Waals surface area contributed by atoms with E-state index in [0.29, 0.717) is 24.0 Å². The number of hydrogen-bond acceptors (Lipinski definition) is 4. The molecule has 4 rings (SSSR count). The van der Waals surface area contributed by atoms with Gasteiger partial charge >= 0.3 is 0 Å². The Hall–Kier alpha value is -3.45. The van der Waals surface area contributed by atoms with Crippen molar-refractivity contribution in [1.82, 2.24) is 5.32 Å². The zero-order valence-electron chi connectivity index (χ0n) is 18.9. The van der Waals surface area contributed by atoms with Crippen LogP contribution in [0.4, 0.5) is 5.69 Å². The van der Waals surface area contributed by atoms with E-state index in [9.17, 15) is 13.2 Å². The summed E-state index contributed by atoms with van der Waals surface area (Å²) < 4.78 is 29.5. The second-order valence-corrected chi connectivity index (χ2v) is 10.1. The number of benzene rings is 3. The first-order valence-electron chi connectivity index (χ1n) is 10.9. The predicted octanol–water partition coefficient (Wildman–Crippen LogP) is 4.79. The molecule has 0 bridgehead atoms. The maximum atomic E-state index is 13.3. The van der Waals surface area contributed by atoms with Crippen molar-refractivity contribution in [3.63, 3.8) is 0 Å². The van der Waals surface area contributed by atoms with Gasteiger partial charge in [-0.1, -0.05) is 74.5 Å². The summed E-state index contributed by atoms with van der Waals surface area (Å²) >= 11 is 0. The quantitative estimate of drug-likeness (QED) is 0.573. The van der Waals surface area contributed by atoms with Crippen molar-refractivity contribution in [3.8, 4) is 0 Å². The van der Waals surface area contributed by atoms with E-state index in [-0.39, 0.29) is 22.4 Å². The molecule has 0 aliphatic carbocycles. The Morgan fingerprint density at radius 2 is 1.52 bits per heavy atom. The van der Waals surface area contributed by atoms with Crippen LogP contribution in [-0.4, -0.2) is 26.7 Å². The molecule has 0 atom stereocenters. The Morgan fingerprint density at radius 1 is 0.939 bits per heavy atom. The van der Waals surface area contributed by atoms with Gasteiger partial charge in [0.05, 0.1) is 11.7 Å². The van der Waals surface area contributed by atoms with Crippen molar-refractivity contribution < 1.29 is 13.2 Å². The van der Waals surface area contributed by atoms with Crippen molar-refractivity contribution in [3.05, 3.63) is 95.6 Å². The number of carbonyl (C=O) groups is 1. The number of anilines is 1. The van der Waals surface area contributed by atoms with E-state index in [2.05, 4.69) is 23.6 Å². The molecule has 1 aliphatic heterocycles. The van der Waals surface area contributed by atoms with E-state index in [1.807, 2.05) is 65.6 Å². The minimum absolute atomic E-state index is 0.0531. The molecule has 170 valence electrons. The number of rotatable bonds is 6. The Balaban J connectivity index is 1.70. The Kier molecular flexibility index (Phi) is 6.33. The van der Waals surface area contributed by atoms with Gasteiger partial charge in [-0.2, -0.15) is 8.42 Å². The van der Waals surface area contributed by atoms with Crippen LogP contribution in [0.3, 0.4) is 0 Å². The minimum Gasteiger partial charge on any atom is -0.341 e. The molecule has 0 aromatic heterocycles. The molecule has 1 heterocycles. The lowest BCUT2D eigenvalue weighted by molar-refractivity contribution is 0.0942. The van der Waals surface area contributed by atoms with Gasteiger partial charge in [0, 0.05) is 12.1 Å². The standard InChI is InChI=1S/C26H27N3O3S/c1-18(2)17-29-19(3)28-33(31,32)24-16-22(14-15-23(24)29)26(30)27-25(20-10-6-4-7-11-20)21-12-8-5-9-13-21/h4-16,18,25H,17H2,1-3H3,(H,27,30). The molecule has 0 fully saturated rings. The van der Waals surface area contributed by atoms with Gasteiger partial charge in [-0.05, 0) is 42.2 Å². The minimum atomic E-state index is -3.88. The lowest BCUT2D eigenvalue weighted by atomic mass is 9.98. The van der Waals surface area contributed by atoms with Crippen LogP contribution >= 0.6 is 0 Å². The fourth-order valence-electron chi connectivity index (χ4n) is 3.99. The second kappa shape index (κ2) is 9.19. The zero-order valence-corrected chi connectivity index (χ0v) is 19.7. The Bertz CT molecular complexity index is 1250. The number of sulfonamides is 1. The number of nitrogens with one attached hydrogen (secondary N) is 1. The first kappa shape index (κ1) is 22.7. The van der Waals surface area contributed by atoms with Crippen LogP contribution in [0.1, 0.15) is 48.3 Å². The van der Waals surface area contributed by atoms with Gasteiger partial charge in [0.1, 0.15) is 10.7 Å². The number of amidine groups is 1. The number of nitrogens with zero attached hydrogens (tertiary/aromatic N) is 2. The second-order valence-electron chi connectivity index (χ2n) is 8.53. The van der Waals surface area contributed by atoms with Crippen LogP contribution in [0.15, 0.2) is 88.2 Å². The summed E-state index contributed by atoms with van der Waals surface area (Å²) in [5, 5.41) is 3.07. The first-order chi connectivity index (χ1) is 15.8. The van der Waals surface area contributed by atoms with Crippen molar-refractivity contribution in [2.75, 3.05) is 11.4 Å². The lowest BCUT2D eigenvalue weighted by Crippen LogP contribution is -2.37. The summed E-state index contributed by atoms with van der Waals surface area (Å²) in [6.07, 6.45) is 0. The maximum absolute atomic E-state index is 13.3. The molecule has 1 aliphatic rings. The first-order valence-corrected chi connectivity index (χ1v) is 12.3. The highest BCUT2D eigenvalue weighted by Crippen LogP contribution is 2.33. The highest BCUT2D eigenvalue weighted by molar-refractivity contribution is 7.90. The molecule has 6 nitrogen and oxygen atoms in total. The van der Waals surface area contributed by atoms with Gasteiger partial charge in [-0.25, -0.2) is 0 Å². The van der Waals surface area contributed by atoms with Gasteiger partial charge in [0.15, 0.2) is 0 Å². The van der Waals surface area contributed by atoms with Crippen molar-refractivity contribution in [2.45, 2.75) is 31.7 Å². The summed E-state index contributed by atoms with van der Waals surface area (Å²) in [7, 11) is -3.88. The third kappa shape index (κ3) is 4.83. The maximum Gasteiger partial charge on any atom is 0.286 e. The van der Waals surface area contributed by atoms with Crippen LogP contribution in [0.5, 0.6) is 0 Å². The molecule has 0 saturated heterocycles. The highest BCUT2D eigenvalue weighted by atomic mass is 32.2. The van der Waals surface area contributed by atoms with Gasteiger partial charge in [0.2, 0.25) is 0 Å². The molecule has 1 amide bonds. The molecule has 0 saturated carbocycles. The third-order valence-corrected chi connectivity index (χ3v) is 6.91. The van der Waals surface area contributed by atoms with Crippen molar-refractivity contribution >= 4 is 27.5 Å². The average Bonchev–Trinajstić information content (AvgIpc) is 2.80. The molecule has 0 radical (unpaired) electrons. The zero-order chi connectivity index (χ0) is 23.6. The van der Waals surface area contributed by atoms with Crippen LogP contribution in [0.2, 0.25) is 0 Å². The molecule has 0 spiro atoms. The molecule has 7 heteroatoms. The normalized spacial score (nSPS) is 14.7. The van der Waals surface area contributed by atoms with Gasteiger partial charge in [0.25, 0.3) is 15.9 Å². The summed E-state index contributed by atoms with van der Waals surface area (Å²) in [4.78, 5) is 15.2. The lowest BCUT2D eigenvalue weighted by Gasteiger charge is -2.31. The monoisotopic (exact) mass is 461 g/mol. The number of carbonyl (C=O) groups excluding carboxylic acids is 1. The van der Waals surface area contributed by atoms with Crippen LogP contribution < -0.4 is 10.2 Å². The SMILES string of the molecule is CC1=NS(=O)(=O)c2cc(C(=O)NC(c3ccccc3)c3ccccc3)ccc2N1CC(C)C. The van der Waals surface area contributed by atoms with Crippen molar-refractivity contribution in [1.29, 1.82) is 0 Å². The summed E-state index contributed by atoms with van der Waals surface area (Å²) in [5.74, 6) is 0.387. The molecule has 1 N–H and O–H groups in total. The van der Waals surface area contributed by atoms with Gasteiger partial charge in [-0.3, -0.25) is 4.79 Å². The Labute approximate surface area is 195 Å². The number of fused-ring (bicyclic) bond motifs is 1. The van der Waals surface area contributed by atoms with E-state index in [1.165, 1.54) is 6.07 Å². The van der Waals surface area contributed by atoms with Crippen LogP contribution in [-0.2, 0) is 10.0 Å². The highest BCUT2D eigenvalue weighted by Gasteiger charge is 2.30. The Morgan fingerprint density at radius 3 is 2.06 bits per heavy atom. The predicted molar refractivity (Wildman–Crippen MR) is 131 cm³/mol. The van der Waals surface area contributed by atoms with Crippen LogP contribution in [0, 0.1) is 5.92 Å². The van der Waals surface area contributed by atoms with Gasteiger partial charge in [-0.15, -0.1) is 4.40 Å². The fraction of sp³-hybridized carbons (Fsp3) is 0.231. The van der Waals surface area contributed by atoms with E-state index in [0.717, 1.165) is 11.1 Å². The summed E-state index contributed by atoms with van der Waals surface area (Å²) in [6, 6.07) is 23.8. The fourth-order valence-corrected chi connectivity index (χ4v) is 5.25. The van der Waals surface area contributed by atoms with E-state index in [1.54, 1.807) is 19.1 Å². The molecule has 0 unspecified atom stereocenters. The molecule has 3 aromatic carbocycles. The van der Waals surface area contributed by atoms with E-state index >= 15 is 0 Å². The largest absolute Gasteiger partial charge is 0.341 e. The smallest absolute Gasteiger partial charge is 0.286 e. The van der Waals surface area contributed by atoms with Crippen LogP contribution in [0.25, 0.3) is 0 Å². The van der Waals surface area contributed by atoms with E-state index in [4.69, 9.17) is 0 Å².